The van der Waals surface area contributed by atoms with Crippen LogP contribution in [0.1, 0.15) is 24.3 Å². The van der Waals surface area contributed by atoms with Crippen molar-refractivity contribution in [2.24, 2.45) is 5.73 Å². The highest BCUT2D eigenvalue weighted by Gasteiger charge is 2.19. The van der Waals surface area contributed by atoms with Crippen molar-refractivity contribution in [3.8, 4) is 0 Å². The van der Waals surface area contributed by atoms with Crippen molar-refractivity contribution in [2.75, 3.05) is 26.2 Å². The van der Waals surface area contributed by atoms with E-state index in [9.17, 15) is 0 Å². The van der Waals surface area contributed by atoms with Crippen LogP contribution in [0.25, 0.3) is 0 Å². The summed E-state index contributed by atoms with van der Waals surface area (Å²) in [7, 11) is 0. The molecule has 3 heteroatoms. The lowest BCUT2D eigenvalue weighted by molar-refractivity contribution is 0.315. The number of likely N-dealkylation sites (tertiary alicyclic amines) is 1. The van der Waals surface area contributed by atoms with Crippen molar-refractivity contribution < 1.29 is 0 Å². The first kappa shape index (κ1) is 12.1. The van der Waals surface area contributed by atoms with Crippen LogP contribution >= 0.6 is 15.9 Å². The normalized spacial score (nSPS) is 18.9. The number of benzene rings is 1. The van der Waals surface area contributed by atoms with E-state index in [-0.39, 0.29) is 0 Å². The van der Waals surface area contributed by atoms with Crippen LogP contribution in [0.5, 0.6) is 0 Å². The number of hydrogen-bond donors (Lipinski definition) is 1. The van der Waals surface area contributed by atoms with E-state index in [2.05, 4.69) is 45.1 Å². The van der Waals surface area contributed by atoms with Gasteiger partial charge in [0.2, 0.25) is 0 Å². The fourth-order valence-corrected chi connectivity index (χ4v) is 2.99. The van der Waals surface area contributed by atoms with E-state index in [4.69, 9.17) is 5.73 Å². The first-order chi connectivity index (χ1) is 7.81. The summed E-state index contributed by atoms with van der Waals surface area (Å²) in [5.41, 5.74) is 7.25. The average molecular weight is 283 g/mol. The van der Waals surface area contributed by atoms with Gasteiger partial charge in [0.05, 0.1) is 0 Å². The fraction of sp³-hybridized carbons (Fsp3) is 0.538. The molecule has 0 amide bonds. The smallest absolute Gasteiger partial charge is 0.0211 e. The Morgan fingerprint density at radius 3 is 2.56 bits per heavy atom. The Bertz CT molecular complexity index is 334. The summed E-state index contributed by atoms with van der Waals surface area (Å²) in [4.78, 5) is 2.52. The minimum absolute atomic E-state index is 0.452. The van der Waals surface area contributed by atoms with Gasteiger partial charge in [0.25, 0.3) is 0 Å². The van der Waals surface area contributed by atoms with Crippen molar-refractivity contribution in [2.45, 2.75) is 18.8 Å². The fourth-order valence-electron chi connectivity index (χ4n) is 2.38. The topological polar surface area (TPSA) is 29.3 Å². The molecule has 1 aromatic rings. The highest BCUT2D eigenvalue weighted by atomic mass is 79.9. The molecule has 0 spiro atoms. The summed E-state index contributed by atoms with van der Waals surface area (Å²) in [6, 6.07) is 8.42. The van der Waals surface area contributed by atoms with Gasteiger partial charge >= 0.3 is 0 Å². The van der Waals surface area contributed by atoms with Crippen molar-refractivity contribution in [1.29, 1.82) is 0 Å². The summed E-state index contributed by atoms with van der Waals surface area (Å²) in [6.45, 7) is 4.29. The molecule has 1 unspecified atom stereocenters. The van der Waals surface area contributed by atoms with Crippen molar-refractivity contribution in [1.82, 2.24) is 4.90 Å². The third-order valence-corrected chi connectivity index (χ3v) is 4.03. The molecular formula is C13H19BrN2. The van der Waals surface area contributed by atoms with Crippen molar-refractivity contribution >= 4 is 15.9 Å². The maximum Gasteiger partial charge on any atom is 0.0211 e. The molecule has 1 aromatic carbocycles. The second-order valence-electron chi connectivity index (χ2n) is 4.46. The zero-order valence-corrected chi connectivity index (χ0v) is 11.1. The molecular weight excluding hydrogens is 264 g/mol. The Hall–Kier alpha value is -0.380. The van der Waals surface area contributed by atoms with E-state index in [0.717, 1.165) is 13.1 Å². The number of hydrogen-bond acceptors (Lipinski definition) is 2. The highest BCUT2D eigenvalue weighted by Crippen LogP contribution is 2.25. The van der Waals surface area contributed by atoms with Gasteiger partial charge in [0, 0.05) is 23.5 Å². The summed E-state index contributed by atoms with van der Waals surface area (Å²) in [5, 5.41) is 0. The van der Waals surface area contributed by atoms with Gasteiger partial charge in [-0.15, -0.1) is 0 Å². The first-order valence-corrected chi connectivity index (χ1v) is 6.77. The standard InChI is InChI=1S/C13H19BrN2/c14-13-6-2-1-5-12(13)11(9-15)10-16-7-3-4-8-16/h1-2,5-6,11H,3-4,7-10,15H2. The Morgan fingerprint density at radius 2 is 1.94 bits per heavy atom. The van der Waals surface area contributed by atoms with E-state index in [1.807, 2.05) is 0 Å². The molecule has 16 heavy (non-hydrogen) atoms. The van der Waals surface area contributed by atoms with Crippen LogP contribution in [-0.2, 0) is 0 Å². The van der Waals surface area contributed by atoms with Crippen LogP contribution in [0.4, 0.5) is 0 Å². The van der Waals surface area contributed by atoms with Gasteiger partial charge in [-0.1, -0.05) is 34.1 Å². The van der Waals surface area contributed by atoms with Crippen LogP contribution in [0.2, 0.25) is 0 Å². The molecule has 1 aliphatic heterocycles. The summed E-state index contributed by atoms with van der Waals surface area (Å²) in [6.07, 6.45) is 2.68. The predicted molar refractivity (Wildman–Crippen MR) is 71.6 cm³/mol. The molecule has 1 saturated heterocycles. The lowest BCUT2D eigenvalue weighted by Crippen LogP contribution is -2.29. The number of nitrogens with zero attached hydrogens (tertiary/aromatic N) is 1. The van der Waals surface area contributed by atoms with E-state index < -0.39 is 0 Å². The van der Waals surface area contributed by atoms with Crippen LogP contribution in [0, 0.1) is 0 Å². The van der Waals surface area contributed by atoms with Gasteiger partial charge in [0.15, 0.2) is 0 Å². The molecule has 0 saturated carbocycles. The van der Waals surface area contributed by atoms with Crippen LogP contribution in [0.15, 0.2) is 28.7 Å². The Labute approximate surface area is 106 Å². The summed E-state index contributed by atoms with van der Waals surface area (Å²) in [5.74, 6) is 0.452. The van der Waals surface area contributed by atoms with Crippen LogP contribution in [0.3, 0.4) is 0 Å². The average Bonchev–Trinajstić information content (AvgIpc) is 2.80. The second-order valence-corrected chi connectivity index (χ2v) is 5.32. The van der Waals surface area contributed by atoms with Gasteiger partial charge in [-0.05, 0) is 37.6 Å². The third-order valence-electron chi connectivity index (χ3n) is 3.31. The maximum atomic E-state index is 5.90. The predicted octanol–water partition coefficient (Wildman–Crippen LogP) is 2.59. The molecule has 2 nitrogen and oxygen atoms in total. The SMILES string of the molecule is NCC(CN1CCCC1)c1ccccc1Br. The zero-order valence-electron chi connectivity index (χ0n) is 9.53. The molecule has 0 aromatic heterocycles. The number of rotatable bonds is 4. The third kappa shape index (κ3) is 2.84. The number of nitrogens with two attached hydrogens (primary N) is 1. The summed E-state index contributed by atoms with van der Waals surface area (Å²) < 4.78 is 1.18. The van der Waals surface area contributed by atoms with Crippen LogP contribution < -0.4 is 5.73 Å². The minimum atomic E-state index is 0.452. The Balaban J connectivity index is 2.06. The van der Waals surface area contributed by atoms with Gasteiger partial charge in [0.1, 0.15) is 0 Å². The summed E-state index contributed by atoms with van der Waals surface area (Å²) >= 11 is 3.61. The lowest BCUT2D eigenvalue weighted by atomic mass is 9.99. The van der Waals surface area contributed by atoms with Gasteiger partial charge in [-0.3, -0.25) is 0 Å². The number of halogens is 1. The molecule has 1 atom stereocenters. The lowest BCUT2D eigenvalue weighted by Gasteiger charge is -2.23. The van der Waals surface area contributed by atoms with Gasteiger partial charge in [-0.25, -0.2) is 0 Å². The Kier molecular flexibility index (Phi) is 4.38. The first-order valence-electron chi connectivity index (χ1n) is 5.98. The van der Waals surface area contributed by atoms with E-state index in [0.29, 0.717) is 5.92 Å². The quantitative estimate of drug-likeness (QED) is 0.920. The molecule has 1 fully saturated rings. The molecule has 0 aliphatic carbocycles. The maximum absolute atomic E-state index is 5.90. The molecule has 1 aliphatic rings. The molecule has 0 bridgehead atoms. The van der Waals surface area contributed by atoms with E-state index >= 15 is 0 Å². The van der Waals surface area contributed by atoms with Crippen molar-refractivity contribution in [3.05, 3.63) is 34.3 Å². The molecule has 88 valence electrons. The zero-order chi connectivity index (χ0) is 11.4. The van der Waals surface area contributed by atoms with Crippen LogP contribution in [-0.4, -0.2) is 31.1 Å². The molecule has 2 rings (SSSR count). The molecule has 0 radical (unpaired) electrons. The van der Waals surface area contributed by atoms with E-state index in [1.165, 1.54) is 36.0 Å². The molecule has 1 heterocycles. The van der Waals surface area contributed by atoms with Crippen molar-refractivity contribution in [3.63, 3.8) is 0 Å². The Morgan fingerprint density at radius 1 is 1.25 bits per heavy atom. The van der Waals surface area contributed by atoms with Gasteiger partial charge < -0.3 is 10.6 Å². The second kappa shape index (κ2) is 5.80. The molecule has 2 N–H and O–H groups in total. The van der Waals surface area contributed by atoms with E-state index in [1.54, 1.807) is 0 Å². The highest BCUT2D eigenvalue weighted by molar-refractivity contribution is 9.10. The van der Waals surface area contributed by atoms with Gasteiger partial charge in [-0.2, -0.15) is 0 Å². The minimum Gasteiger partial charge on any atom is -0.330 e. The largest absolute Gasteiger partial charge is 0.330 e. The monoisotopic (exact) mass is 282 g/mol.